The van der Waals surface area contributed by atoms with Gasteiger partial charge in [0.1, 0.15) is 13.1 Å². The van der Waals surface area contributed by atoms with Gasteiger partial charge in [0, 0.05) is 11.1 Å². The van der Waals surface area contributed by atoms with E-state index in [0.717, 1.165) is 17.6 Å². The summed E-state index contributed by atoms with van der Waals surface area (Å²) in [6.07, 6.45) is 0. The molecule has 0 atom stereocenters. The zero-order valence-electron chi connectivity index (χ0n) is 13.7. The molecule has 0 saturated heterocycles. The molecule has 0 aromatic heterocycles. The molecular formula is C20H26N+. The van der Waals surface area contributed by atoms with Crippen LogP contribution in [0.25, 0.3) is 11.1 Å². The molecule has 0 amide bonds. The summed E-state index contributed by atoms with van der Waals surface area (Å²) in [6.45, 7) is 13.8. The second-order valence-electron chi connectivity index (χ2n) is 6.61. The van der Waals surface area contributed by atoms with Gasteiger partial charge in [-0.3, -0.25) is 0 Å². The van der Waals surface area contributed by atoms with E-state index in [1.54, 1.807) is 0 Å². The molecule has 0 N–H and O–H groups in total. The van der Waals surface area contributed by atoms with Gasteiger partial charge in [-0.25, -0.2) is 0 Å². The van der Waals surface area contributed by atoms with E-state index >= 15 is 0 Å². The molecule has 0 radical (unpaired) electrons. The molecule has 0 bridgehead atoms. The van der Waals surface area contributed by atoms with Crippen molar-refractivity contribution in [2.75, 3.05) is 13.1 Å². The van der Waals surface area contributed by atoms with Gasteiger partial charge in [0.2, 0.25) is 0 Å². The third-order valence-electron chi connectivity index (χ3n) is 5.16. The lowest BCUT2D eigenvalue weighted by atomic mass is 9.94. The van der Waals surface area contributed by atoms with E-state index in [1.807, 2.05) is 0 Å². The highest BCUT2D eigenvalue weighted by atomic mass is 15.3. The first-order valence-corrected chi connectivity index (χ1v) is 8.11. The lowest BCUT2D eigenvalue weighted by Crippen LogP contribution is -2.45. The predicted molar refractivity (Wildman–Crippen MR) is 90.1 cm³/mol. The van der Waals surface area contributed by atoms with Crippen LogP contribution in [-0.2, 0) is 13.1 Å². The van der Waals surface area contributed by atoms with Crippen LogP contribution >= 0.6 is 0 Å². The van der Waals surface area contributed by atoms with Gasteiger partial charge in [-0.1, -0.05) is 35.4 Å². The summed E-state index contributed by atoms with van der Waals surface area (Å²) in [5.41, 5.74) is 8.65. The molecule has 0 spiro atoms. The lowest BCUT2D eigenvalue weighted by Gasteiger charge is -2.36. The lowest BCUT2D eigenvalue weighted by molar-refractivity contribution is -0.950. The Morgan fingerprint density at radius 3 is 1.57 bits per heavy atom. The Balaban J connectivity index is 2.26. The molecular weight excluding hydrogens is 254 g/mol. The molecule has 0 unspecified atom stereocenters. The standard InChI is InChI=1S/C20H26N/c1-5-21(6-2)13-17-11-15(3)7-9-19(17)20-10-8-16(4)12-18(20)14-21/h7-12H,5-6,13-14H2,1-4H3/q+1. The Morgan fingerprint density at radius 1 is 0.762 bits per heavy atom. The van der Waals surface area contributed by atoms with Crippen LogP contribution in [0, 0.1) is 13.8 Å². The van der Waals surface area contributed by atoms with E-state index in [2.05, 4.69) is 64.1 Å². The van der Waals surface area contributed by atoms with Crippen LogP contribution in [0.15, 0.2) is 36.4 Å². The molecule has 0 aliphatic carbocycles. The topological polar surface area (TPSA) is 0 Å². The fourth-order valence-corrected chi connectivity index (χ4v) is 3.68. The summed E-state index contributed by atoms with van der Waals surface area (Å²) in [4.78, 5) is 0. The van der Waals surface area contributed by atoms with Gasteiger partial charge in [0.25, 0.3) is 0 Å². The molecule has 21 heavy (non-hydrogen) atoms. The highest BCUT2D eigenvalue weighted by Crippen LogP contribution is 2.36. The van der Waals surface area contributed by atoms with Gasteiger partial charge in [0.15, 0.2) is 0 Å². The predicted octanol–water partition coefficient (Wildman–Crippen LogP) is 4.84. The van der Waals surface area contributed by atoms with Gasteiger partial charge in [-0.05, 0) is 51.0 Å². The zero-order chi connectivity index (χ0) is 15.0. The van der Waals surface area contributed by atoms with Crippen molar-refractivity contribution < 1.29 is 4.48 Å². The number of hydrogen-bond acceptors (Lipinski definition) is 0. The molecule has 2 aromatic carbocycles. The van der Waals surface area contributed by atoms with Gasteiger partial charge < -0.3 is 4.48 Å². The highest BCUT2D eigenvalue weighted by Gasteiger charge is 2.30. The third-order valence-corrected chi connectivity index (χ3v) is 5.16. The van der Waals surface area contributed by atoms with Gasteiger partial charge >= 0.3 is 0 Å². The molecule has 1 aliphatic heterocycles. The smallest absolute Gasteiger partial charge is 0.105 e. The fraction of sp³-hybridized carbons (Fsp3) is 0.400. The van der Waals surface area contributed by atoms with Crippen molar-refractivity contribution in [1.82, 2.24) is 0 Å². The van der Waals surface area contributed by atoms with Crippen molar-refractivity contribution in [2.45, 2.75) is 40.8 Å². The minimum atomic E-state index is 1.15. The minimum Gasteiger partial charge on any atom is -0.317 e. The summed E-state index contributed by atoms with van der Waals surface area (Å²) >= 11 is 0. The zero-order valence-corrected chi connectivity index (χ0v) is 13.7. The van der Waals surface area contributed by atoms with E-state index in [9.17, 15) is 0 Å². The number of quaternary nitrogens is 1. The number of rotatable bonds is 2. The first-order chi connectivity index (χ1) is 10.1. The number of hydrogen-bond donors (Lipinski definition) is 0. The van der Waals surface area contributed by atoms with Crippen molar-refractivity contribution >= 4 is 0 Å². The van der Waals surface area contributed by atoms with Gasteiger partial charge in [-0.15, -0.1) is 0 Å². The Morgan fingerprint density at radius 2 is 1.19 bits per heavy atom. The number of nitrogens with zero attached hydrogens (tertiary/aromatic N) is 1. The van der Waals surface area contributed by atoms with Crippen molar-refractivity contribution in [2.24, 2.45) is 0 Å². The van der Waals surface area contributed by atoms with Crippen molar-refractivity contribution in [3.05, 3.63) is 58.7 Å². The van der Waals surface area contributed by atoms with Crippen LogP contribution in [0.5, 0.6) is 0 Å². The first-order valence-electron chi connectivity index (χ1n) is 8.11. The van der Waals surface area contributed by atoms with Gasteiger partial charge in [-0.2, -0.15) is 0 Å². The average Bonchev–Trinajstić information content (AvgIpc) is 2.60. The van der Waals surface area contributed by atoms with Crippen LogP contribution in [0.2, 0.25) is 0 Å². The highest BCUT2D eigenvalue weighted by molar-refractivity contribution is 5.72. The van der Waals surface area contributed by atoms with Crippen LogP contribution < -0.4 is 0 Å². The van der Waals surface area contributed by atoms with E-state index in [4.69, 9.17) is 0 Å². The Bertz CT molecular complexity index is 610. The van der Waals surface area contributed by atoms with Crippen molar-refractivity contribution in [3.8, 4) is 11.1 Å². The summed E-state index contributed by atoms with van der Waals surface area (Å²) < 4.78 is 1.16. The largest absolute Gasteiger partial charge is 0.317 e. The Labute approximate surface area is 128 Å². The SMILES string of the molecule is CC[N+]1(CC)Cc2cc(C)ccc2-c2ccc(C)cc2C1. The maximum absolute atomic E-state index is 2.39. The van der Waals surface area contributed by atoms with E-state index < -0.39 is 0 Å². The van der Waals surface area contributed by atoms with Crippen LogP contribution in [0.1, 0.15) is 36.1 Å². The summed E-state index contributed by atoms with van der Waals surface area (Å²) in [5, 5.41) is 0. The maximum Gasteiger partial charge on any atom is 0.105 e. The van der Waals surface area contributed by atoms with Gasteiger partial charge in [0.05, 0.1) is 13.1 Å². The van der Waals surface area contributed by atoms with E-state index in [0.29, 0.717) is 0 Å². The number of fused-ring (bicyclic) bond motifs is 3. The summed E-state index contributed by atoms with van der Waals surface area (Å²) in [6, 6.07) is 13.9. The minimum absolute atomic E-state index is 1.15. The Hall–Kier alpha value is -1.60. The molecule has 110 valence electrons. The van der Waals surface area contributed by atoms with E-state index in [1.165, 1.54) is 46.5 Å². The summed E-state index contributed by atoms with van der Waals surface area (Å²) in [5.74, 6) is 0. The Kier molecular flexibility index (Phi) is 3.62. The molecule has 0 saturated carbocycles. The normalized spacial score (nSPS) is 16.0. The molecule has 3 rings (SSSR count). The molecule has 0 fully saturated rings. The first kappa shape index (κ1) is 14.3. The quantitative estimate of drug-likeness (QED) is 0.690. The van der Waals surface area contributed by atoms with E-state index in [-0.39, 0.29) is 0 Å². The number of aryl methyl sites for hydroxylation is 2. The third kappa shape index (κ3) is 2.51. The maximum atomic E-state index is 2.39. The monoisotopic (exact) mass is 280 g/mol. The average molecular weight is 280 g/mol. The summed E-state index contributed by atoms with van der Waals surface area (Å²) in [7, 11) is 0. The molecule has 2 aromatic rings. The molecule has 1 aliphatic rings. The number of benzene rings is 2. The molecule has 1 heterocycles. The van der Waals surface area contributed by atoms with Crippen LogP contribution in [0.3, 0.4) is 0 Å². The molecule has 1 heteroatoms. The van der Waals surface area contributed by atoms with Crippen molar-refractivity contribution in [3.63, 3.8) is 0 Å². The second-order valence-corrected chi connectivity index (χ2v) is 6.61. The van der Waals surface area contributed by atoms with Crippen LogP contribution in [0.4, 0.5) is 0 Å². The van der Waals surface area contributed by atoms with Crippen LogP contribution in [-0.4, -0.2) is 17.6 Å². The fourth-order valence-electron chi connectivity index (χ4n) is 3.68. The second kappa shape index (κ2) is 5.31. The van der Waals surface area contributed by atoms with Crippen molar-refractivity contribution in [1.29, 1.82) is 0 Å². The molecule has 1 nitrogen and oxygen atoms in total.